The zero-order chi connectivity index (χ0) is 20.9. The van der Waals surface area contributed by atoms with Crippen LogP contribution in [0.15, 0.2) is 42.5 Å². The maximum Gasteiger partial charge on any atom is 0.119 e. The molecule has 4 rings (SSSR count). The highest BCUT2D eigenvalue weighted by Crippen LogP contribution is 2.33. The monoisotopic (exact) mass is 432 g/mol. The lowest BCUT2D eigenvalue weighted by atomic mass is 9.94. The lowest BCUT2D eigenvalue weighted by molar-refractivity contribution is -0.113. The van der Waals surface area contributed by atoms with E-state index < -0.39 is 6.10 Å². The minimum Gasteiger partial charge on any atom is -0.494 e. The molecule has 0 aliphatic carbocycles. The Balaban J connectivity index is 1.38. The lowest BCUT2D eigenvalue weighted by Gasteiger charge is -2.32. The highest BCUT2D eigenvalue weighted by molar-refractivity contribution is 6.31. The van der Waals surface area contributed by atoms with E-state index in [0.717, 1.165) is 42.1 Å². The smallest absolute Gasteiger partial charge is 0.119 e. The Kier molecular flexibility index (Phi) is 7.28. The van der Waals surface area contributed by atoms with Gasteiger partial charge in [-0.1, -0.05) is 35.9 Å². The predicted molar refractivity (Wildman–Crippen MR) is 115 cm³/mol. The van der Waals surface area contributed by atoms with Gasteiger partial charge in [-0.3, -0.25) is 0 Å². The molecule has 2 aromatic rings. The van der Waals surface area contributed by atoms with E-state index in [-0.39, 0.29) is 18.8 Å². The van der Waals surface area contributed by atoms with Crippen LogP contribution >= 0.6 is 11.6 Å². The first kappa shape index (κ1) is 21.6. The predicted octanol–water partition coefficient (Wildman–Crippen LogP) is 3.92. The number of aliphatic hydroxyl groups excluding tert-OH is 2. The van der Waals surface area contributed by atoms with E-state index in [1.165, 1.54) is 0 Å². The SMILES string of the molecule is OCC1CC(O)CC(c2ccc(Cl)c(Cc3ccc(OCCC4COC4)cc3)c2)O1. The first-order chi connectivity index (χ1) is 14.6. The van der Waals surface area contributed by atoms with Crippen LogP contribution in [-0.4, -0.2) is 48.8 Å². The standard InChI is InChI=1S/C24H29ClO5/c25-23-6-3-18(24-12-20(27)11-22(13-26)30-24)10-19(23)9-16-1-4-21(5-2-16)29-8-7-17-14-28-15-17/h1-6,10,17,20,22,24,26-27H,7-9,11-15H2. The molecule has 162 valence electrons. The first-order valence-electron chi connectivity index (χ1n) is 10.6. The highest BCUT2D eigenvalue weighted by atomic mass is 35.5. The van der Waals surface area contributed by atoms with Crippen molar-refractivity contribution in [3.05, 3.63) is 64.2 Å². The Morgan fingerprint density at radius 2 is 1.87 bits per heavy atom. The van der Waals surface area contributed by atoms with Gasteiger partial charge in [0.15, 0.2) is 0 Å². The Bertz CT molecular complexity index is 821. The van der Waals surface area contributed by atoms with Gasteiger partial charge in [-0.25, -0.2) is 0 Å². The fourth-order valence-electron chi connectivity index (χ4n) is 3.97. The van der Waals surface area contributed by atoms with Gasteiger partial charge in [0.05, 0.1) is 44.7 Å². The summed E-state index contributed by atoms with van der Waals surface area (Å²) in [6.07, 6.45) is 1.68. The molecular weight excluding hydrogens is 404 g/mol. The molecule has 3 unspecified atom stereocenters. The van der Waals surface area contributed by atoms with Gasteiger partial charge < -0.3 is 24.4 Å². The fraction of sp³-hybridized carbons (Fsp3) is 0.500. The largest absolute Gasteiger partial charge is 0.494 e. The molecule has 0 saturated carbocycles. The molecule has 2 saturated heterocycles. The van der Waals surface area contributed by atoms with Crippen molar-refractivity contribution in [2.75, 3.05) is 26.4 Å². The molecule has 2 fully saturated rings. The molecule has 2 heterocycles. The summed E-state index contributed by atoms with van der Waals surface area (Å²) in [6.45, 7) is 2.33. The number of aliphatic hydroxyl groups is 2. The first-order valence-corrected chi connectivity index (χ1v) is 11.0. The van der Waals surface area contributed by atoms with Crippen LogP contribution in [0.4, 0.5) is 0 Å². The summed E-state index contributed by atoms with van der Waals surface area (Å²) >= 11 is 6.45. The molecule has 5 nitrogen and oxygen atoms in total. The maximum absolute atomic E-state index is 10.1. The van der Waals surface area contributed by atoms with E-state index in [9.17, 15) is 10.2 Å². The number of halogens is 1. The van der Waals surface area contributed by atoms with Crippen LogP contribution in [0, 0.1) is 5.92 Å². The molecule has 30 heavy (non-hydrogen) atoms. The molecule has 2 aliphatic heterocycles. The summed E-state index contributed by atoms with van der Waals surface area (Å²) in [5, 5.41) is 20.2. The molecule has 6 heteroatoms. The zero-order valence-electron chi connectivity index (χ0n) is 17.0. The van der Waals surface area contributed by atoms with E-state index in [1.54, 1.807) is 0 Å². The van der Waals surface area contributed by atoms with Crippen molar-refractivity contribution in [3.63, 3.8) is 0 Å². The summed E-state index contributed by atoms with van der Waals surface area (Å²) in [7, 11) is 0. The normalized spacial score (nSPS) is 24.4. The summed E-state index contributed by atoms with van der Waals surface area (Å²) in [5.74, 6) is 1.51. The number of hydrogen-bond donors (Lipinski definition) is 2. The third-order valence-electron chi connectivity index (χ3n) is 5.84. The van der Waals surface area contributed by atoms with Crippen LogP contribution in [0.5, 0.6) is 5.75 Å². The quantitative estimate of drug-likeness (QED) is 0.661. The van der Waals surface area contributed by atoms with E-state index in [1.807, 2.05) is 30.3 Å². The Labute approximate surface area is 182 Å². The summed E-state index contributed by atoms with van der Waals surface area (Å²) < 4.78 is 17.0. The van der Waals surface area contributed by atoms with Gasteiger partial charge in [0, 0.05) is 23.8 Å². The van der Waals surface area contributed by atoms with Crippen molar-refractivity contribution in [1.82, 2.24) is 0 Å². The van der Waals surface area contributed by atoms with Crippen LogP contribution in [0.25, 0.3) is 0 Å². The van der Waals surface area contributed by atoms with Gasteiger partial charge >= 0.3 is 0 Å². The topological polar surface area (TPSA) is 68.2 Å². The molecule has 0 amide bonds. The second kappa shape index (κ2) is 10.1. The summed E-state index contributed by atoms with van der Waals surface area (Å²) in [5.41, 5.74) is 3.13. The van der Waals surface area contributed by atoms with Crippen LogP contribution in [0.2, 0.25) is 5.02 Å². The molecule has 0 radical (unpaired) electrons. The van der Waals surface area contributed by atoms with Crippen LogP contribution < -0.4 is 4.74 Å². The molecular formula is C24H29ClO5. The van der Waals surface area contributed by atoms with Crippen LogP contribution in [0.1, 0.15) is 42.1 Å². The third kappa shape index (κ3) is 5.54. The highest BCUT2D eigenvalue weighted by Gasteiger charge is 2.29. The molecule has 0 aromatic heterocycles. The van der Waals surface area contributed by atoms with Gasteiger partial charge in [-0.05, 0) is 47.7 Å². The van der Waals surface area contributed by atoms with Crippen molar-refractivity contribution in [1.29, 1.82) is 0 Å². The second-order valence-corrected chi connectivity index (χ2v) is 8.67. The Morgan fingerprint density at radius 3 is 2.57 bits per heavy atom. The average Bonchev–Trinajstić information content (AvgIpc) is 2.72. The summed E-state index contributed by atoms with van der Waals surface area (Å²) in [6, 6.07) is 14.0. The van der Waals surface area contributed by atoms with Crippen molar-refractivity contribution in [2.45, 2.75) is 44.0 Å². The molecule has 2 aliphatic rings. The van der Waals surface area contributed by atoms with Gasteiger partial charge in [-0.2, -0.15) is 0 Å². The van der Waals surface area contributed by atoms with Crippen molar-refractivity contribution < 1.29 is 24.4 Å². The molecule has 0 bridgehead atoms. The molecule has 0 spiro atoms. The zero-order valence-corrected chi connectivity index (χ0v) is 17.8. The molecule has 3 atom stereocenters. The number of rotatable bonds is 8. The Hall–Kier alpha value is -1.63. The maximum atomic E-state index is 10.1. The number of hydrogen-bond acceptors (Lipinski definition) is 5. The number of ether oxygens (including phenoxy) is 3. The lowest BCUT2D eigenvalue weighted by Crippen LogP contribution is -2.33. The van der Waals surface area contributed by atoms with Crippen molar-refractivity contribution in [2.24, 2.45) is 5.92 Å². The van der Waals surface area contributed by atoms with E-state index >= 15 is 0 Å². The van der Waals surface area contributed by atoms with Gasteiger partial charge in [0.25, 0.3) is 0 Å². The van der Waals surface area contributed by atoms with Crippen molar-refractivity contribution >= 4 is 11.6 Å². The Morgan fingerprint density at radius 1 is 1.07 bits per heavy atom. The van der Waals surface area contributed by atoms with E-state index in [2.05, 4.69) is 12.1 Å². The fourth-order valence-corrected chi connectivity index (χ4v) is 4.16. The van der Waals surface area contributed by atoms with Gasteiger partial charge in [0.1, 0.15) is 5.75 Å². The van der Waals surface area contributed by atoms with Crippen LogP contribution in [0.3, 0.4) is 0 Å². The molecule has 2 N–H and O–H groups in total. The van der Waals surface area contributed by atoms with Gasteiger partial charge in [-0.15, -0.1) is 0 Å². The third-order valence-corrected chi connectivity index (χ3v) is 6.21. The van der Waals surface area contributed by atoms with E-state index in [4.69, 9.17) is 25.8 Å². The van der Waals surface area contributed by atoms with Crippen LogP contribution in [-0.2, 0) is 15.9 Å². The number of benzene rings is 2. The minimum absolute atomic E-state index is 0.0864. The van der Waals surface area contributed by atoms with Gasteiger partial charge in [0.2, 0.25) is 0 Å². The van der Waals surface area contributed by atoms with Crippen molar-refractivity contribution in [3.8, 4) is 5.75 Å². The minimum atomic E-state index is -0.468. The molecule has 2 aromatic carbocycles. The summed E-state index contributed by atoms with van der Waals surface area (Å²) in [4.78, 5) is 0. The average molecular weight is 433 g/mol. The second-order valence-electron chi connectivity index (χ2n) is 8.27. The van der Waals surface area contributed by atoms with E-state index in [0.29, 0.717) is 36.8 Å².